The zero-order valence-corrected chi connectivity index (χ0v) is 16.5. The number of hydrogen-bond acceptors (Lipinski definition) is 6. The van der Waals surface area contributed by atoms with Gasteiger partial charge in [-0.2, -0.15) is 26.3 Å². The summed E-state index contributed by atoms with van der Waals surface area (Å²) in [5.74, 6) is -4.27. The van der Waals surface area contributed by atoms with Gasteiger partial charge in [-0.3, -0.25) is 9.59 Å². The maximum Gasteiger partial charge on any atom is 0.434 e. The Balaban J connectivity index is 1.37. The van der Waals surface area contributed by atoms with Gasteiger partial charge in [0.2, 0.25) is 0 Å². The van der Waals surface area contributed by atoms with Gasteiger partial charge in [-0.05, 0) is 25.7 Å². The minimum atomic E-state index is -5.75. The summed E-state index contributed by atoms with van der Waals surface area (Å²) in [4.78, 5) is 23.9. The molecule has 5 atom stereocenters. The molecule has 1 spiro atoms. The van der Waals surface area contributed by atoms with Crippen molar-refractivity contribution in [1.29, 1.82) is 0 Å². The summed E-state index contributed by atoms with van der Waals surface area (Å²) in [6, 6.07) is 0. The van der Waals surface area contributed by atoms with Crippen molar-refractivity contribution >= 4 is 11.9 Å². The summed E-state index contributed by atoms with van der Waals surface area (Å²) in [6.45, 7) is 1.80. The van der Waals surface area contributed by atoms with E-state index in [2.05, 4.69) is 4.74 Å². The van der Waals surface area contributed by atoms with E-state index in [1.165, 1.54) is 0 Å². The molecule has 4 fully saturated rings. The molecule has 2 saturated heterocycles. The molecule has 0 aromatic heterocycles. The van der Waals surface area contributed by atoms with E-state index in [4.69, 9.17) is 14.2 Å². The van der Waals surface area contributed by atoms with Crippen molar-refractivity contribution in [3.05, 3.63) is 0 Å². The summed E-state index contributed by atoms with van der Waals surface area (Å²) in [5, 5.41) is 0. The number of hydrogen-bond donors (Lipinski definition) is 0. The van der Waals surface area contributed by atoms with Gasteiger partial charge in [0.1, 0.15) is 12.2 Å². The number of carbonyl (C=O) groups excluding carboxylic acids is 2. The lowest BCUT2D eigenvalue weighted by Gasteiger charge is -2.36. The molecule has 6 nitrogen and oxygen atoms in total. The van der Waals surface area contributed by atoms with Crippen LogP contribution < -0.4 is 0 Å². The number of fused-ring (bicyclic) bond motifs is 3. The van der Waals surface area contributed by atoms with Crippen molar-refractivity contribution in [3.63, 3.8) is 0 Å². The SMILES string of the molecule is CC1C(=O)OC2C1CCC1OC3(CCC(C(=O)OC(C(F)(F)F)C(F)(F)F)CC3)OC12. The van der Waals surface area contributed by atoms with E-state index < -0.39 is 48.3 Å². The Hall–Kier alpha value is -1.56. The first-order chi connectivity index (χ1) is 14.3. The fourth-order valence-corrected chi connectivity index (χ4v) is 5.13. The van der Waals surface area contributed by atoms with E-state index in [0.717, 1.165) is 6.42 Å². The highest BCUT2D eigenvalue weighted by Gasteiger charge is 2.62. The molecule has 0 amide bonds. The molecule has 0 aromatic carbocycles. The molecule has 0 aromatic rings. The number of ether oxygens (including phenoxy) is 4. The minimum absolute atomic E-state index is 0.0143. The third kappa shape index (κ3) is 4.12. The molecular formula is C19H22F6O6. The molecule has 2 aliphatic heterocycles. The molecule has 2 aliphatic carbocycles. The first-order valence-electron chi connectivity index (χ1n) is 10.2. The van der Waals surface area contributed by atoms with Crippen LogP contribution in [0.5, 0.6) is 0 Å². The molecular weight excluding hydrogens is 438 g/mol. The van der Waals surface area contributed by atoms with Crippen molar-refractivity contribution in [2.75, 3.05) is 0 Å². The van der Waals surface area contributed by atoms with Crippen LogP contribution in [0.1, 0.15) is 45.4 Å². The lowest BCUT2D eigenvalue weighted by atomic mass is 9.78. The Morgan fingerprint density at radius 2 is 1.61 bits per heavy atom. The van der Waals surface area contributed by atoms with Crippen molar-refractivity contribution < 1.29 is 54.9 Å². The van der Waals surface area contributed by atoms with Gasteiger partial charge in [-0.15, -0.1) is 0 Å². The minimum Gasteiger partial charge on any atom is -0.459 e. The molecule has 0 radical (unpaired) electrons. The normalized spacial score (nSPS) is 40.6. The van der Waals surface area contributed by atoms with Crippen LogP contribution in [-0.4, -0.2) is 54.5 Å². The molecule has 5 unspecified atom stereocenters. The zero-order valence-electron chi connectivity index (χ0n) is 16.5. The average Bonchev–Trinajstić information content (AvgIpc) is 3.16. The summed E-state index contributed by atoms with van der Waals surface area (Å²) in [5.41, 5.74) is 0. The van der Waals surface area contributed by atoms with E-state index in [-0.39, 0.29) is 49.6 Å². The molecule has 176 valence electrons. The summed E-state index contributed by atoms with van der Waals surface area (Å²) >= 11 is 0. The quantitative estimate of drug-likeness (QED) is 0.463. The zero-order chi connectivity index (χ0) is 22.8. The highest BCUT2D eigenvalue weighted by atomic mass is 19.4. The van der Waals surface area contributed by atoms with E-state index in [9.17, 15) is 35.9 Å². The second-order valence-corrected chi connectivity index (χ2v) is 8.76. The molecule has 0 bridgehead atoms. The Morgan fingerprint density at radius 1 is 1.00 bits per heavy atom. The summed E-state index contributed by atoms with van der Waals surface area (Å²) < 4.78 is 97.3. The van der Waals surface area contributed by atoms with Crippen LogP contribution in [0.15, 0.2) is 0 Å². The van der Waals surface area contributed by atoms with E-state index in [1.54, 1.807) is 6.92 Å². The second-order valence-electron chi connectivity index (χ2n) is 8.76. The third-order valence-electron chi connectivity index (χ3n) is 6.79. The average molecular weight is 460 g/mol. The topological polar surface area (TPSA) is 71.1 Å². The lowest BCUT2D eigenvalue weighted by molar-refractivity contribution is -0.315. The Bertz CT molecular complexity index is 714. The smallest absolute Gasteiger partial charge is 0.434 e. The van der Waals surface area contributed by atoms with Gasteiger partial charge in [0, 0.05) is 18.8 Å². The van der Waals surface area contributed by atoms with Crippen LogP contribution >= 0.6 is 0 Å². The van der Waals surface area contributed by atoms with Crippen molar-refractivity contribution in [2.45, 2.75) is 88.0 Å². The molecule has 4 rings (SSSR count). The maximum absolute atomic E-state index is 12.6. The van der Waals surface area contributed by atoms with E-state index in [0.29, 0.717) is 6.42 Å². The Morgan fingerprint density at radius 3 is 2.19 bits per heavy atom. The first kappa shape index (κ1) is 22.6. The predicted molar refractivity (Wildman–Crippen MR) is 88.2 cm³/mol. The highest BCUT2D eigenvalue weighted by molar-refractivity contribution is 5.75. The largest absolute Gasteiger partial charge is 0.459 e. The number of halogens is 6. The number of esters is 2. The van der Waals surface area contributed by atoms with Gasteiger partial charge >= 0.3 is 24.3 Å². The number of carbonyl (C=O) groups is 2. The third-order valence-corrected chi connectivity index (χ3v) is 6.79. The van der Waals surface area contributed by atoms with Crippen molar-refractivity contribution in [1.82, 2.24) is 0 Å². The van der Waals surface area contributed by atoms with Gasteiger partial charge in [0.05, 0.1) is 17.9 Å². The highest BCUT2D eigenvalue weighted by Crippen LogP contribution is 2.50. The fourth-order valence-electron chi connectivity index (χ4n) is 5.13. The van der Waals surface area contributed by atoms with Gasteiger partial charge in [-0.1, -0.05) is 6.92 Å². The molecule has 4 aliphatic rings. The first-order valence-corrected chi connectivity index (χ1v) is 10.2. The second kappa shape index (κ2) is 7.50. The van der Waals surface area contributed by atoms with Gasteiger partial charge in [0.25, 0.3) is 6.10 Å². The summed E-state index contributed by atoms with van der Waals surface area (Å²) in [6.07, 6.45) is -15.3. The molecule has 2 saturated carbocycles. The van der Waals surface area contributed by atoms with Crippen molar-refractivity contribution in [2.24, 2.45) is 17.8 Å². The summed E-state index contributed by atoms with van der Waals surface area (Å²) in [7, 11) is 0. The van der Waals surface area contributed by atoms with Crippen LogP contribution in [0.4, 0.5) is 26.3 Å². The van der Waals surface area contributed by atoms with Crippen LogP contribution in [0.3, 0.4) is 0 Å². The molecule has 0 N–H and O–H groups in total. The monoisotopic (exact) mass is 460 g/mol. The number of rotatable bonds is 2. The molecule has 2 heterocycles. The van der Waals surface area contributed by atoms with Crippen LogP contribution in [0, 0.1) is 17.8 Å². The van der Waals surface area contributed by atoms with E-state index in [1.807, 2.05) is 0 Å². The van der Waals surface area contributed by atoms with Gasteiger partial charge < -0.3 is 18.9 Å². The van der Waals surface area contributed by atoms with E-state index >= 15 is 0 Å². The molecule has 12 heteroatoms. The van der Waals surface area contributed by atoms with Crippen LogP contribution in [-0.2, 0) is 28.5 Å². The maximum atomic E-state index is 12.6. The fraction of sp³-hybridized carbons (Fsp3) is 0.895. The molecule has 31 heavy (non-hydrogen) atoms. The lowest BCUT2D eigenvalue weighted by Crippen LogP contribution is -2.47. The van der Waals surface area contributed by atoms with Crippen LogP contribution in [0.25, 0.3) is 0 Å². The van der Waals surface area contributed by atoms with Gasteiger partial charge in [0.15, 0.2) is 5.79 Å². The Labute approximate surface area is 173 Å². The van der Waals surface area contributed by atoms with Crippen molar-refractivity contribution in [3.8, 4) is 0 Å². The standard InChI is InChI=1S/C19H22F6O6/c1-8-10-2-3-11-13(12(10)28-14(8)26)31-17(30-11)6-4-9(5-7-17)15(27)29-16(18(20,21)22)19(23,24)25/h8-13,16H,2-7H2,1H3. The number of alkyl halides is 6. The Kier molecular flexibility index (Phi) is 5.47. The van der Waals surface area contributed by atoms with Gasteiger partial charge in [-0.25, -0.2) is 0 Å². The van der Waals surface area contributed by atoms with Crippen LogP contribution in [0.2, 0.25) is 0 Å². The predicted octanol–water partition coefficient (Wildman–Crippen LogP) is 3.66.